The molecule has 0 unspecified atom stereocenters. The Morgan fingerprint density at radius 1 is 1.22 bits per heavy atom. The predicted octanol–water partition coefficient (Wildman–Crippen LogP) is 4.58. The maximum atomic E-state index is 13.3. The van der Waals surface area contributed by atoms with Crippen LogP contribution in [0.4, 0.5) is 10.2 Å². The van der Waals surface area contributed by atoms with Crippen molar-refractivity contribution >= 4 is 23.3 Å². The highest BCUT2D eigenvalue weighted by Gasteiger charge is 2.15. The molecule has 1 N–H and O–H groups in total. The van der Waals surface area contributed by atoms with E-state index in [1.807, 2.05) is 26.1 Å². The minimum Gasteiger partial charge on any atom is -0.310 e. The van der Waals surface area contributed by atoms with Gasteiger partial charge in [0.2, 0.25) is 5.91 Å². The molecule has 3 rings (SSSR count). The van der Waals surface area contributed by atoms with Crippen molar-refractivity contribution in [3.8, 4) is 22.4 Å². The number of carbonyl (C=O) groups is 1. The second-order valence-corrected chi connectivity index (χ2v) is 6.80. The van der Waals surface area contributed by atoms with E-state index in [9.17, 15) is 9.18 Å². The van der Waals surface area contributed by atoms with Crippen LogP contribution in [-0.2, 0) is 11.3 Å². The largest absolute Gasteiger partial charge is 0.310 e. The number of hydrogen-bond donors (Lipinski definition) is 1. The molecule has 7 heteroatoms. The molecule has 0 atom stereocenters. The summed E-state index contributed by atoms with van der Waals surface area (Å²) in [6.45, 7) is 4.20. The zero-order valence-corrected chi connectivity index (χ0v) is 15.9. The molecule has 1 aromatic carbocycles. The maximum Gasteiger partial charge on any atom is 0.228 e. The first-order valence-electron chi connectivity index (χ1n) is 8.64. The number of aromatic nitrogens is 3. The van der Waals surface area contributed by atoms with Crippen LogP contribution in [-0.4, -0.2) is 26.6 Å². The molecular weight excluding hydrogens is 367 g/mol. The first kappa shape index (κ1) is 19.0. The molecule has 2 heterocycles. The van der Waals surface area contributed by atoms with Crippen molar-refractivity contribution in [2.45, 2.75) is 20.4 Å². The average Bonchev–Trinajstić information content (AvgIpc) is 3.07. The highest BCUT2D eigenvalue weighted by molar-refractivity contribution is 6.17. The van der Waals surface area contributed by atoms with Gasteiger partial charge in [0.15, 0.2) is 0 Å². The van der Waals surface area contributed by atoms with Gasteiger partial charge >= 0.3 is 0 Å². The lowest BCUT2D eigenvalue weighted by atomic mass is 10.0. The minimum absolute atomic E-state index is 0.101. The molecule has 1 amide bonds. The van der Waals surface area contributed by atoms with Crippen molar-refractivity contribution in [2.24, 2.45) is 5.92 Å². The topological polar surface area (TPSA) is 59.8 Å². The average molecular weight is 387 g/mol. The molecular formula is C20H20ClFN4O. The Kier molecular flexibility index (Phi) is 5.86. The Morgan fingerprint density at radius 2 is 1.96 bits per heavy atom. The molecule has 0 radical (unpaired) electrons. The number of rotatable bonds is 6. The van der Waals surface area contributed by atoms with Crippen LogP contribution in [0.15, 0.2) is 48.8 Å². The fourth-order valence-electron chi connectivity index (χ4n) is 2.59. The van der Waals surface area contributed by atoms with Crippen molar-refractivity contribution in [1.82, 2.24) is 14.8 Å². The Hall–Kier alpha value is -2.73. The van der Waals surface area contributed by atoms with Gasteiger partial charge < -0.3 is 5.32 Å². The number of nitrogens with one attached hydrogen (secondary N) is 1. The number of benzene rings is 1. The molecule has 0 fully saturated rings. The number of amides is 1. The lowest BCUT2D eigenvalue weighted by Crippen LogP contribution is -2.18. The van der Waals surface area contributed by atoms with Gasteiger partial charge in [-0.15, -0.1) is 11.6 Å². The molecule has 0 bridgehead atoms. The lowest BCUT2D eigenvalue weighted by molar-refractivity contribution is -0.118. The van der Waals surface area contributed by atoms with Gasteiger partial charge in [0, 0.05) is 35.3 Å². The standard InChI is InChI=1S/C20H20ClFN4O/c1-13(2)20(27)24-18-11-15(7-9-23-18)17-12-26(10-8-21)25-19(17)14-3-5-16(22)6-4-14/h3-7,9,11-13H,8,10H2,1-2H3,(H,23,24,27). The summed E-state index contributed by atoms with van der Waals surface area (Å²) in [5.74, 6) is 0.355. The van der Waals surface area contributed by atoms with Crippen molar-refractivity contribution in [3.63, 3.8) is 0 Å². The number of halogens is 2. The fraction of sp³-hybridized carbons (Fsp3) is 0.250. The molecule has 0 spiro atoms. The van der Waals surface area contributed by atoms with E-state index in [4.69, 9.17) is 11.6 Å². The van der Waals surface area contributed by atoms with Crippen molar-refractivity contribution < 1.29 is 9.18 Å². The summed E-state index contributed by atoms with van der Waals surface area (Å²) in [5.41, 5.74) is 3.22. The molecule has 140 valence electrons. The van der Waals surface area contributed by atoms with Gasteiger partial charge in [0.25, 0.3) is 0 Å². The Morgan fingerprint density at radius 3 is 2.63 bits per heavy atom. The Labute approximate surface area is 162 Å². The van der Waals surface area contributed by atoms with E-state index >= 15 is 0 Å². The zero-order valence-electron chi connectivity index (χ0n) is 15.1. The van der Waals surface area contributed by atoms with E-state index in [1.54, 1.807) is 29.1 Å². The summed E-state index contributed by atoms with van der Waals surface area (Å²) in [7, 11) is 0. The summed E-state index contributed by atoms with van der Waals surface area (Å²) < 4.78 is 15.1. The number of anilines is 1. The smallest absolute Gasteiger partial charge is 0.228 e. The second kappa shape index (κ2) is 8.31. The van der Waals surface area contributed by atoms with Gasteiger partial charge in [-0.05, 0) is 42.0 Å². The highest BCUT2D eigenvalue weighted by atomic mass is 35.5. The third-order valence-electron chi connectivity index (χ3n) is 4.04. The van der Waals surface area contributed by atoms with Gasteiger partial charge in [-0.2, -0.15) is 5.10 Å². The maximum absolute atomic E-state index is 13.3. The van der Waals surface area contributed by atoms with Crippen molar-refractivity contribution in [2.75, 3.05) is 11.2 Å². The molecule has 27 heavy (non-hydrogen) atoms. The molecule has 0 aliphatic rings. The van der Waals surface area contributed by atoms with Crippen LogP contribution in [0, 0.1) is 11.7 Å². The summed E-state index contributed by atoms with van der Waals surface area (Å²) >= 11 is 5.85. The number of pyridine rings is 1. The summed E-state index contributed by atoms with van der Waals surface area (Å²) in [6, 6.07) is 9.83. The van der Waals surface area contributed by atoms with Gasteiger partial charge in [-0.25, -0.2) is 9.37 Å². The minimum atomic E-state index is -0.303. The van der Waals surface area contributed by atoms with Crippen LogP contribution in [0.3, 0.4) is 0 Å². The van der Waals surface area contributed by atoms with E-state index in [2.05, 4.69) is 15.4 Å². The van der Waals surface area contributed by atoms with Crippen LogP contribution in [0.2, 0.25) is 0 Å². The first-order valence-corrected chi connectivity index (χ1v) is 9.18. The van der Waals surface area contributed by atoms with E-state index in [0.717, 1.165) is 16.7 Å². The summed E-state index contributed by atoms with van der Waals surface area (Å²) in [4.78, 5) is 16.2. The summed E-state index contributed by atoms with van der Waals surface area (Å²) in [5, 5.41) is 7.40. The Bertz CT molecular complexity index is 937. The van der Waals surface area contributed by atoms with Gasteiger partial charge in [0.05, 0.1) is 6.54 Å². The Balaban J connectivity index is 2.02. The number of carbonyl (C=O) groups excluding carboxylic acids is 1. The second-order valence-electron chi connectivity index (χ2n) is 6.42. The predicted molar refractivity (Wildman–Crippen MR) is 105 cm³/mol. The molecule has 5 nitrogen and oxygen atoms in total. The zero-order chi connectivity index (χ0) is 19.4. The molecule has 0 aliphatic heterocycles. The van der Waals surface area contributed by atoms with Crippen LogP contribution in [0.25, 0.3) is 22.4 Å². The van der Waals surface area contributed by atoms with Gasteiger partial charge in [-0.3, -0.25) is 9.48 Å². The van der Waals surface area contributed by atoms with Crippen LogP contribution in [0.1, 0.15) is 13.8 Å². The lowest BCUT2D eigenvalue weighted by Gasteiger charge is -2.08. The summed E-state index contributed by atoms with van der Waals surface area (Å²) in [6.07, 6.45) is 3.53. The molecule has 0 saturated carbocycles. The third-order valence-corrected chi connectivity index (χ3v) is 4.21. The van der Waals surface area contributed by atoms with Crippen molar-refractivity contribution in [3.05, 3.63) is 54.6 Å². The number of alkyl halides is 1. The number of nitrogens with zero attached hydrogens (tertiary/aromatic N) is 3. The molecule has 3 aromatic rings. The molecule has 0 aliphatic carbocycles. The van der Waals surface area contributed by atoms with Crippen LogP contribution >= 0.6 is 11.6 Å². The van der Waals surface area contributed by atoms with E-state index in [0.29, 0.717) is 23.9 Å². The van der Waals surface area contributed by atoms with E-state index in [-0.39, 0.29) is 17.6 Å². The van der Waals surface area contributed by atoms with Crippen LogP contribution in [0.5, 0.6) is 0 Å². The molecule has 2 aromatic heterocycles. The van der Waals surface area contributed by atoms with E-state index in [1.165, 1.54) is 12.1 Å². The normalized spacial score (nSPS) is 11.0. The third kappa shape index (κ3) is 4.52. The highest BCUT2D eigenvalue weighted by Crippen LogP contribution is 2.32. The monoisotopic (exact) mass is 386 g/mol. The number of hydrogen-bond acceptors (Lipinski definition) is 3. The van der Waals surface area contributed by atoms with Crippen molar-refractivity contribution in [1.29, 1.82) is 0 Å². The van der Waals surface area contributed by atoms with E-state index < -0.39 is 0 Å². The molecule has 0 saturated heterocycles. The SMILES string of the molecule is CC(C)C(=O)Nc1cc(-c2cn(CCCl)nc2-c2ccc(F)cc2)ccn1. The van der Waals surface area contributed by atoms with Crippen LogP contribution < -0.4 is 5.32 Å². The van der Waals surface area contributed by atoms with Gasteiger partial charge in [-0.1, -0.05) is 13.8 Å². The quantitative estimate of drug-likeness (QED) is 0.630. The fourth-order valence-corrected chi connectivity index (χ4v) is 2.76. The van der Waals surface area contributed by atoms with Gasteiger partial charge in [0.1, 0.15) is 17.3 Å². The first-order chi connectivity index (χ1) is 13.0. The number of aryl methyl sites for hydroxylation is 1.